The molecule has 164 valence electrons. The van der Waals surface area contributed by atoms with Gasteiger partial charge in [-0.25, -0.2) is 0 Å². The fourth-order valence-corrected chi connectivity index (χ4v) is 5.06. The molecule has 0 atom stereocenters. The summed E-state index contributed by atoms with van der Waals surface area (Å²) in [5.41, 5.74) is 1.18. The first-order chi connectivity index (χ1) is 14.6. The van der Waals surface area contributed by atoms with Gasteiger partial charge < -0.3 is 19.5 Å². The highest BCUT2D eigenvalue weighted by molar-refractivity contribution is 5.80. The predicted octanol–water partition coefficient (Wildman–Crippen LogP) is 3.39. The number of likely N-dealkylation sites (tertiary alicyclic amines) is 2. The largest absolute Gasteiger partial charge is 0.459 e. The molecule has 30 heavy (non-hydrogen) atoms. The molecule has 2 aromatic rings. The van der Waals surface area contributed by atoms with E-state index in [9.17, 15) is 0 Å². The number of para-hydroxylation sites is 1. The van der Waals surface area contributed by atoms with E-state index in [1.54, 1.807) is 0 Å². The van der Waals surface area contributed by atoms with Crippen molar-refractivity contribution in [1.29, 1.82) is 0 Å². The highest BCUT2D eigenvalue weighted by Gasteiger charge is 2.39. The van der Waals surface area contributed by atoms with Gasteiger partial charge in [0.25, 0.3) is 0 Å². The monoisotopic (exact) mass is 411 g/mol. The van der Waals surface area contributed by atoms with Crippen LogP contribution in [0.1, 0.15) is 37.9 Å². The van der Waals surface area contributed by atoms with Gasteiger partial charge >= 0.3 is 0 Å². The van der Waals surface area contributed by atoms with Gasteiger partial charge in [0.2, 0.25) is 0 Å². The lowest BCUT2D eigenvalue weighted by Gasteiger charge is -2.50. The Hall–Kier alpha value is -2.05. The average molecular weight is 412 g/mol. The van der Waals surface area contributed by atoms with Crippen LogP contribution < -0.4 is 5.32 Å². The lowest BCUT2D eigenvalue weighted by molar-refractivity contribution is 0.0170. The van der Waals surface area contributed by atoms with Crippen molar-refractivity contribution in [2.24, 2.45) is 4.99 Å². The molecule has 0 spiro atoms. The van der Waals surface area contributed by atoms with E-state index in [4.69, 9.17) is 4.42 Å². The summed E-state index contributed by atoms with van der Waals surface area (Å²) >= 11 is 0. The fraction of sp³-hybridized carbons (Fsp3) is 0.625. The molecule has 0 unspecified atom stereocenters. The average Bonchev–Trinajstić information content (AvgIpc) is 3.18. The second-order valence-corrected chi connectivity index (χ2v) is 9.08. The summed E-state index contributed by atoms with van der Waals surface area (Å²) < 4.78 is 6.02. The summed E-state index contributed by atoms with van der Waals surface area (Å²) in [4.78, 5) is 12.0. The molecule has 2 aliphatic rings. The van der Waals surface area contributed by atoms with Crippen LogP contribution in [0.25, 0.3) is 11.0 Å². The topological polar surface area (TPSA) is 47.3 Å². The molecule has 4 rings (SSSR count). The summed E-state index contributed by atoms with van der Waals surface area (Å²) in [6.45, 7) is 6.47. The van der Waals surface area contributed by atoms with Gasteiger partial charge in [-0.1, -0.05) is 24.6 Å². The van der Waals surface area contributed by atoms with E-state index in [-0.39, 0.29) is 5.54 Å². The molecule has 2 fully saturated rings. The number of nitrogens with one attached hydrogen (secondary N) is 1. The second-order valence-electron chi connectivity index (χ2n) is 9.08. The minimum atomic E-state index is 0.239. The number of guanidine groups is 1. The number of benzene rings is 1. The number of fused-ring (bicyclic) bond motifs is 1. The number of piperidine rings is 2. The van der Waals surface area contributed by atoms with Crippen LogP contribution in [0, 0.1) is 0 Å². The molecule has 0 aliphatic carbocycles. The van der Waals surface area contributed by atoms with Crippen LogP contribution in [-0.2, 0) is 6.54 Å². The van der Waals surface area contributed by atoms with Gasteiger partial charge in [-0.15, -0.1) is 0 Å². The number of rotatable bonds is 5. The first-order valence-electron chi connectivity index (χ1n) is 11.4. The summed E-state index contributed by atoms with van der Waals surface area (Å²) in [5, 5.41) is 4.87. The standard InChI is InChI=1S/C24H37N5O/c1-25-23(28(3)18-21-17-20-9-5-6-10-22(20)30-21)26-19-24(11-15-27(2)16-12-24)29-13-7-4-8-14-29/h5-6,9-10,17H,4,7-8,11-16,18-19H2,1-3H3,(H,25,26). The first-order valence-corrected chi connectivity index (χ1v) is 11.4. The Morgan fingerprint density at radius 1 is 1.13 bits per heavy atom. The van der Waals surface area contributed by atoms with E-state index < -0.39 is 0 Å². The third-order valence-electron chi connectivity index (χ3n) is 6.96. The molecule has 0 radical (unpaired) electrons. The molecule has 2 saturated heterocycles. The van der Waals surface area contributed by atoms with Crippen molar-refractivity contribution in [3.05, 3.63) is 36.1 Å². The molecule has 1 aromatic carbocycles. The number of hydrogen-bond acceptors (Lipinski definition) is 4. The third kappa shape index (κ3) is 4.65. The molecule has 0 bridgehead atoms. The lowest BCUT2D eigenvalue weighted by Crippen LogP contribution is -2.62. The Morgan fingerprint density at radius 2 is 1.87 bits per heavy atom. The van der Waals surface area contributed by atoms with Crippen LogP contribution in [-0.4, -0.2) is 80.1 Å². The summed E-state index contributed by atoms with van der Waals surface area (Å²) in [7, 11) is 6.21. The lowest BCUT2D eigenvalue weighted by atomic mass is 9.84. The maximum Gasteiger partial charge on any atom is 0.193 e. The molecule has 6 heteroatoms. The Balaban J connectivity index is 1.42. The first kappa shape index (κ1) is 21.2. The number of hydrogen-bond donors (Lipinski definition) is 1. The molecule has 1 N–H and O–H groups in total. The molecule has 6 nitrogen and oxygen atoms in total. The van der Waals surface area contributed by atoms with Crippen LogP contribution in [0.4, 0.5) is 0 Å². The van der Waals surface area contributed by atoms with E-state index in [2.05, 4.69) is 51.2 Å². The van der Waals surface area contributed by atoms with Crippen molar-refractivity contribution in [2.75, 3.05) is 53.9 Å². The number of nitrogens with zero attached hydrogens (tertiary/aromatic N) is 4. The summed E-state index contributed by atoms with van der Waals surface area (Å²) in [6, 6.07) is 10.3. The minimum Gasteiger partial charge on any atom is -0.459 e. The van der Waals surface area contributed by atoms with Gasteiger partial charge in [0.1, 0.15) is 11.3 Å². The van der Waals surface area contributed by atoms with Gasteiger partial charge in [0.15, 0.2) is 5.96 Å². The van der Waals surface area contributed by atoms with E-state index in [1.807, 2.05) is 25.2 Å². The van der Waals surface area contributed by atoms with Crippen LogP contribution in [0.2, 0.25) is 0 Å². The van der Waals surface area contributed by atoms with Crippen LogP contribution in [0.5, 0.6) is 0 Å². The van der Waals surface area contributed by atoms with Gasteiger partial charge in [0.05, 0.1) is 6.54 Å². The van der Waals surface area contributed by atoms with Crippen LogP contribution in [0.3, 0.4) is 0 Å². The van der Waals surface area contributed by atoms with Crippen molar-refractivity contribution in [2.45, 2.75) is 44.2 Å². The van der Waals surface area contributed by atoms with E-state index in [0.29, 0.717) is 6.54 Å². The van der Waals surface area contributed by atoms with Crippen molar-refractivity contribution in [3.8, 4) is 0 Å². The molecule has 2 aliphatic heterocycles. The maximum absolute atomic E-state index is 6.02. The Morgan fingerprint density at radius 3 is 2.57 bits per heavy atom. The van der Waals surface area contributed by atoms with E-state index in [1.165, 1.54) is 58.3 Å². The maximum atomic E-state index is 6.02. The van der Waals surface area contributed by atoms with Crippen LogP contribution in [0.15, 0.2) is 39.7 Å². The summed E-state index contributed by atoms with van der Waals surface area (Å²) in [5.74, 6) is 1.90. The zero-order valence-corrected chi connectivity index (χ0v) is 18.9. The Labute approximate surface area is 180 Å². The van der Waals surface area contributed by atoms with E-state index in [0.717, 1.165) is 29.2 Å². The Kier molecular flexibility index (Phi) is 6.64. The fourth-order valence-electron chi connectivity index (χ4n) is 5.06. The van der Waals surface area contributed by atoms with E-state index >= 15 is 0 Å². The van der Waals surface area contributed by atoms with Crippen molar-refractivity contribution >= 4 is 16.9 Å². The summed E-state index contributed by atoms with van der Waals surface area (Å²) in [6.07, 6.45) is 6.49. The Bertz CT molecular complexity index is 813. The number of furan rings is 1. The van der Waals surface area contributed by atoms with Gasteiger partial charge in [-0.05, 0) is 71.0 Å². The highest BCUT2D eigenvalue weighted by atomic mass is 16.3. The van der Waals surface area contributed by atoms with Crippen molar-refractivity contribution < 1.29 is 4.42 Å². The van der Waals surface area contributed by atoms with Gasteiger partial charge in [0, 0.05) is 31.6 Å². The molecular weight excluding hydrogens is 374 g/mol. The van der Waals surface area contributed by atoms with Crippen molar-refractivity contribution in [1.82, 2.24) is 20.0 Å². The highest BCUT2D eigenvalue weighted by Crippen LogP contribution is 2.31. The molecule has 0 saturated carbocycles. The van der Waals surface area contributed by atoms with Gasteiger partial charge in [-0.3, -0.25) is 9.89 Å². The quantitative estimate of drug-likeness (QED) is 0.604. The van der Waals surface area contributed by atoms with Crippen molar-refractivity contribution in [3.63, 3.8) is 0 Å². The molecule has 1 aromatic heterocycles. The van der Waals surface area contributed by atoms with Crippen LogP contribution >= 0.6 is 0 Å². The normalized spacial score (nSPS) is 21.1. The smallest absolute Gasteiger partial charge is 0.193 e. The third-order valence-corrected chi connectivity index (χ3v) is 6.96. The predicted molar refractivity (Wildman–Crippen MR) is 124 cm³/mol. The minimum absolute atomic E-state index is 0.239. The second kappa shape index (κ2) is 9.40. The molecule has 3 heterocycles. The SMILES string of the molecule is CN=C(NCC1(N2CCCCC2)CCN(C)CC1)N(C)Cc1cc2ccccc2o1. The van der Waals surface area contributed by atoms with Gasteiger partial charge in [-0.2, -0.15) is 0 Å². The number of aliphatic imine (C=N–C) groups is 1. The zero-order chi connectivity index (χ0) is 21.0. The molecular formula is C24H37N5O. The molecule has 0 amide bonds. The zero-order valence-electron chi connectivity index (χ0n) is 18.9.